The van der Waals surface area contributed by atoms with Crippen molar-refractivity contribution < 1.29 is 14.3 Å². The number of rotatable bonds is 4. The number of aryl methyl sites for hydroxylation is 1. The van der Waals surface area contributed by atoms with Gasteiger partial charge in [-0.25, -0.2) is 13.9 Å². The SMILES string of the molecule is Cc1ccc(F)cc1-n1nc(C(C)(C)C)cc1Nc1ccccc1C(=O)O. The molecule has 2 N–H and O–H groups in total. The van der Waals surface area contributed by atoms with Gasteiger partial charge in [0, 0.05) is 11.5 Å². The van der Waals surface area contributed by atoms with Gasteiger partial charge in [-0.2, -0.15) is 5.10 Å². The second-order valence-electron chi connectivity index (χ2n) is 7.48. The molecule has 27 heavy (non-hydrogen) atoms. The van der Waals surface area contributed by atoms with Crippen molar-refractivity contribution in [2.24, 2.45) is 0 Å². The van der Waals surface area contributed by atoms with Crippen LogP contribution in [0.5, 0.6) is 0 Å². The number of halogens is 1. The van der Waals surface area contributed by atoms with Crippen LogP contribution >= 0.6 is 0 Å². The summed E-state index contributed by atoms with van der Waals surface area (Å²) < 4.78 is 15.5. The van der Waals surface area contributed by atoms with Gasteiger partial charge in [-0.1, -0.05) is 39.0 Å². The smallest absolute Gasteiger partial charge is 0.337 e. The highest BCUT2D eigenvalue weighted by molar-refractivity contribution is 5.95. The Morgan fingerprint density at radius 3 is 2.52 bits per heavy atom. The summed E-state index contributed by atoms with van der Waals surface area (Å²) in [6, 6.07) is 13.0. The van der Waals surface area contributed by atoms with Crippen molar-refractivity contribution in [1.29, 1.82) is 0 Å². The Kier molecular flexibility index (Phi) is 4.74. The molecule has 0 radical (unpaired) electrons. The fraction of sp³-hybridized carbons (Fsp3) is 0.238. The van der Waals surface area contributed by atoms with E-state index in [-0.39, 0.29) is 16.8 Å². The number of aromatic carboxylic acids is 1. The molecule has 5 nitrogen and oxygen atoms in total. The standard InChI is InChI=1S/C21H22FN3O2/c1-13-9-10-14(22)11-17(13)25-19(12-18(24-25)21(2,3)4)23-16-8-6-5-7-15(16)20(26)27/h5-12,23H,1-4H3,(H,26,27). The Morgan fingerprint density at radius 2 is 1.85 bits per heavy atom. The number of carbonyl (C=O) groups is 1. The van der Waals surface area contributed by atoms with Crippen molar-refractivity contribution in [1.82, 2.24) is 9.78 Å². The monoisotopic (exact) mass is 367 g/mol. The van der Waals surface area contributed by atoms with Gasteiger partial charge in [-0.15, -0.1) is 0 Å². The fourth-order valence-electron chi connectivity index (χ4n) is 2.75. The van der Waals surface area contributed by atoms with Crippen LogP contribution in [0.1, 0.15) is 42.4 Å². The van der Waals surface area contributed by atoms with E-state index < -0.39 is 5.97 Å². The lowest BCUT2D eigenvalue weighted by molar-refractivity contribution is 0.0698. The molecule has 0 fully saturated rings. The lowest BCUT2D eigenvalue weighted by Crippen LogP contribution is -2.13. The van der Waals surface area contributed by atoms with E-state index in [4.69, 9.17) is 0 Å². The van der Waals surface area contributed by atoms with Crippen molar-refractivity contribution in [3.05, 3.63) is 71.2 Å². The first-order valence-corrected chi connectivity index (χ1v) is 8.63. The molecular weight excluding hydrogens is 345 g/mol. The average molecular weight is 367 g/mol. The highest BCUT2D eigenvalue weighted by Gasteiger charge is 2.22. The molecule has 0 aliphatic rings. The molecule has 0 aliphatic heterocycles. The van der Waals surface area contributed by atoms with Crippen LogP contribution in [-0.4, -0.2) is 20.9 Å². The van der Waals surface area contributed by atoms with Crippen LogP contribution in [0.15, 0.2) is 48.5 Å². The Bertz CT molecular complexity index is 1000. The Hall–Kier alpha value is -3.15. The maximum absolute atomic E-state index is 13.9. The van der Waals surface area contributed by atoms with Crippen LogP contribution in [0.25, 0.3) is 5.69 Å². The molecule has 3 aromatic rings. The van der Waals surface area contributed by atoms with Crippen LogP contribution in [0.3, 0.4) is 0 Å². The Balaban J connectivity index is 2.16. The molecule has 6 heteroatoms. The number of hydrogen-bond acceptors (Lipinski definition) is 3. The van der Waals surface area contributed by atoms with Gasteiger partial charge in [0.25, 0.3) is 0 Å². The third-order valence-corrected chi connectivity index (χ3v) is 4.30. The van der Waals surface area contributed by atoms with Crippen molar-refractivity contribution in [2.45, 2.75) is 33.1 Å². The number of para-hydroxylation sites is 1. The summed E-state index contributed by atoms with van der Waals surface area (Å²) in [4.78, 5) is 11.5. The van der Waals surface area contributed by atoms with E-state index >= 15 is 0 Å². The van der Waals surface area contributed by atoms with Gasteiger partial charge in [0.1, 0.15) is 11.6 Å². The van der Waals surface area contributed by atoms with Gasteiger partial charge in [-0.05, 0) is 36.8 Å². The Morgan fingerprint density at radius 1 is 1.15 bits per heavy atom. The molecule has 0 aliphatic carbocycles. The first-order chi connectivity index (χ1) is 12.7. The number of benzene rings is 2. The van der Waals surface area contributed by atoms with Gasteiger partial charge in [0.15, 0.2) is 0 Å². The number of carboxylic acids is 1. The first-order valence-electron chi connectivity index (χ1n) is 8.63. The minimum absolute atomic E-state index is 0.151. The number of aromatic nitrogens is 2. The molecule has 0 saturated heterocycles. The predicted octanol–water partition coefficient (Wildman–Crippen LogP) is 5.06. The average Bonchev–Trinajstić information content (AvgIpc) is 3.01. The predicted molar refractivity (Wildman–Crippen MR) is 104 cm³/mol. The lowest BCUT2D eigenvalue weighted by Gasteiger charge is -2.14. The number of hydrogen-bond donors (Lipinski definition) is 2. The molecule has 1 heterocycles. The third kappa shape index (κ3) is 3.84. The summed E-state index contributed by atoms with van der Waals surface area (Å²) >= 11 is 0. The number of nitrogens with one attached hydrogen (secondary N) is 1. The minimum atomic E-state index is -1.03. The van der Waals surface area contributed by atoms with Crippen LogP contribution in [0, 0.1) is 12.7 Å². The lowest BCUT2D eigenvalue weighted by atomic mass is 9.92. The summed E-state index contributed by atoms with van der Waals surface area (Å²) in [6.45, 7) is 7.98. The minimum Gasteiger partial charge on any atom is -0.478 e. The molecule has 0 atom stereocenters. The second-order valence-corrected chi connectivity index (χ2v) is 7.48. The molecule has 0 amide bonds. The van der Waals surface area contributed by atoms with E-state index in [1.807, 2.05) is 33.8 Å². The number of nitrogens with zero attached hydrogens (tertiary/aromatic N) is 2. The van der Waals surface area contributed by atoms with Crippen molar-refractivity contribution in [3.8, 4) is 5.69 Å². The molecule has 0 unspecified atom stereocenters. The molecule has 0 spiro atoms. The van der Waals surface area contributed by atoms with E-state index in [1.54, 1.807) is 28.9 Å². The topological polar surface area (TPSA) is 67.2 Å². The largest absolute Gasteiger partial charge is 0.478 e. The molecule has 0 bridgehead atoms. The summed E-state index contributed by atoms with van der Waals surface area (Å²) in [7, 11) is 0. The highest BCUT2D eigenvalue weighted by atomic mass is 19.1. The van der Waals surface area contributed by atoms with Gasteiger partial charge in [0.2, 0.25) is 0 Å². The van der Waals surface area contributed by atoms with E-state index in [1.165, 1.54) is 18.2 Å². The fourth-order valence-corrected chi connectivity index (χ4v) is 2.75. The van der Waals surface area contributed by atoms with Gasteiger partial charge >= 0.3 is 5.97 Å². The summed E-state index contributed by atoms with van der Waals surface area (Å²) in [6.07, 6.45) is 0. The molecule has 3 rings (SSSR count). The van der Waals surface area contributed by atoms with Crippen LogP contribution in [-0.2, 0) is 5.41 Å². The number of carboxylic acid groups (broad SMARTS) is 1. The Labute approximate surface area is 157 Å². The first kappa shape index (κ1) is 18.6. The summed E-state index contributed by atoms with van der Waals surface area (Å²) in [5.74, 6) is -0.815. The van der Waals surface area contributed by atoms with Crippen LogP contribution < -0.4 is 5.32 Å². The van der Waals surface area contributed by atoms with Crippen LogP contribution in [0.4, 0.5) is 15.9 Å². The maximum atomic E-state index is 13.9. The summed E-state index contributed by atoms with van der Waals surface area (Å²) in [5.41, 5.74) is 2.63. The molecule has 140 valence electrons. The maximum Gasteiger partial charge on any atom is 0.337 e. The quantitative estimate of drug-likeness (QED) is 0.676. The van der Waals surface area contributed by atoms with Crippen LogP contribution in [0.2, 0.25) is 0 Å². The molecule has 1 aromatic heterocycles. The molecule has 0 saturated carbocycles. The zero-order valence-corrected chi connectivity index (χ0v) is 15.7. The van der Waals surface area contributed by atoms with E-state index in [2.05, 4.69) is 10.4 Å². The molecule has 2 aromatic carbocycles. The normalized spacial score (nSPS) is 11.4. The zero-order chi connectivity index (χ0) is 19.8. The van der Waals surface area contributed by atoms with Gasteiger partial charge < -0.3 is 10.4 Å². The molecular formula is C21H22FN3O2. The highest BCUT2D eigenvalue weighted by Crippen LogP contribution is 2.30. The third-order valence-electron chi connectivity index (χ3n) is 4.30. The summed E-state index contributed by atoms with van der Waals surface area (Å²) in [5, 5.41) is 17.3. The van der Waals surface area contributed by atoms with Gasteiger partial charge in [0.05, 0.1) is 22.6 Å². The van der Waals surface area contributed by atoms with E-state index in [0.717, 1.165) is 11.3 Å². The second kappa shape index (κ2) is 6.87. The number of anilines is 2. The van der Waals surface area contributed by atoms with E-state index in [0.29, 0.717) is 17.2 Å². The van der Waals surface area contributed by atoms with Gasteiger partial charge in [-0.3, -0.25) is 0 Å². The van der Waals surface area contributed by atoms with Crippen molar-refractivity contribution in [3.63, 3.8) is 0 Å². The zero-order valence-electron chi connectivity index (χ0n) is 15.7. The van der Waals surface area contributed by atoms with E-state index in [9.17, 15) is 14.3 Å². The van der Waals surface area contributed by atoms with Crippen molar-refractivity contribution >= 4 is 17.5 Å². The van der Waals surface area contributed by atoms with Crippen molar-refractivity contribution in [2.75, 3.05) is 5.32 Å².